The summed E-state index contributed by atoms with van der Waals surface area (Å²) >= 11 is 0. The van der Waals surface area contributed by atoms with Crippen molar-refractivity contribution >= 4 is 17.7 Å². The summed E-state index contributed by atoms with van der Waals surface area (Å²) in [7, 11) is 0. The van der Waals surface area contributed by atoms with Gasteiger partial charge >= 0.3 is 12.1 Å². The van der Waals surface area contributed by atoms with E-state index in [-0.39, 0.29) is 16.8 Å². The van der Waals surface area contributed by atoms with Crippen molar-refractivity contribution in [2.45, 2.75) is 45.4 Å². The molecule has 0 aliphatic heterocycles. The lowest BCUT2D eigenvalue weighted by Gasteiger charge is -2.27. The maximum Gasteiger partial charge on any atom is 0.408 e. The number of hydrogen-bond acceptors (Lipinski definition) is 6. The van der Waals surface area contributed by atoms with Gasteiger partial charge in [-0.3, -0.25) is 10.1 Å². The fraction of sp³-hybridized carbons (Fsp3) is 0.333. The van der Waals surface area contributed by atoms with Gasteiger partial charge in [0.1, 0.15) is 11.7 Å². The Bertz CT molecular complexity index is 998. The second-order valence-corrected chi connectivity index (χ2v) is 7.84. The van der Waals surface area contributed by atoms with Crippen LogP contribution in [-0.2, 0) is 9.47 Å². The second kappa shape index (κ2) is 9.67. The molecule has 0 bridgehead atoms. The van der Waals surface area contributed by atoms with Gasteiger partial charge in [-0.25, -0.2) is 22.8 Å². The molecule has 2 atom stereocenters. The number of nitro benzene ring substituents is 1. The molecule has 8 nitrogen and oxygen atoms in total. The monoisotopic (exact) mass is 454 g/mol. The van der Waals surface area contributed by atoms with Crippen LogP contribution in [0.15, 0.2) is 36.4 Å². The van der Waals surface area contributed by atoms with E-state index in [2.05, 4.69) is 5.32 Å². The molecule has 0 heterocycles. The molecule has 0 spiro atoms. The molecule has 2 rings (SSSR count). The molecule has 2 aromatic carbocycles. The highest BCUT2D eigenvalue weighted by atomic mass is 19.2. The first-order valence-corrected chi connectivity index (χ1v) is 9.38. The Morgan fingerprint density at radius 1 is 1.06 bits per heavy atom. The quantitative estimate of drug-likeness (QED) is 0.290. The van der Waals surface area contributed by atoms with Crippen molar-refractivity contribution in [3.05, 3.63) is 75.1 Å². The molecule has 0 fully saturated rings. The van der Waals surface area contributed by atoms with Gasteiger partial charge in [-0.2, -0.15) is 0 Å². The average Bonchev–Trinajstić information content (AvgIpc) is 2.68. The molecule has 172 valence electrons. The van der Waals surface area contributed by atoms with Gasteiger partial charge in [0, 0.05) is 12.1 Å². The van der Waals surface area contributed by atoms with E-state index >= 15 is 0 Å². The number of nitro groups is 1. The molecule has 2 aromatic rings. The van der Waals surface area contributed by atoms with Crippen LogP contribution in [0, 0.1) is 27.6 Å². The van der Waals surface area contributed by atoms with Crippen LogP contribution in [0.2, 0.25) is 0 Å². The zero-order valence-electron chi connectivity index (χ0n) is 17.6. The minimum Gasteiger partial charge on any atom is -0.457 e. The molecular formula is C21H21F3N2O6. The van der Waals surface area contributed by atoms with Crippen LogP contribution in [0.3, 0.4) is 0 Å². The summed E-state index contributed by atoms with van der Waals surface area (Å²) in [4.78, 5) is 34.8. The molecule has 0 aliphatic carbocycles. The minimum atomic E-state index is -1.69. The summed E-state index contributed by atoms with van der Waals surface area (Å²) in [6.45, 7) is 6.12. The van der Waals surface area contributed by atoms with E-state index in [9.17, 15) is 32.9 Å². The minimum absolute atomic E-state index is 0.0325. The number of nitrogens with zero attached hydrogens (tertiary/aromatic N) is 1. The largest absolute Gasteiger partial charge is 0.457 e. The van der Waals surface area contributed by atoms with Gasteiger partial charge < -0.3 is 14.8 Å². The molecule has 1 amide bonds. The van der Waals surface area contributed by atoms with Crippen molar-refractivity contribution in [2.24, 2.45) is 0 Å². The summed E-state index contributed by atoms with van der Waals surface area (Å²) in [5.74, 6) is -5.60. The van der Waals surface area contributed by atoms with Gasteiger partial charge in [0.2, 0.25) is 0 Å². The fourth-order valence-corrected chi connectivity index (χ4v) is 2.69. The molecule has 0 radical (unpaired) electrons. The fourth-order valence-electron chi connectivity index (χ4n) is 2.69. The third-order valence-electron chi connectivity index (χ3n) is 4.11. The van der Waals surface area contributed by atoms with E-state index < -0.39 is 52.2 Å². The van der Waals surface area contributed by atoms with Gasteiger partial charge in [0.25, 0.3) is 5.69 Å². The van der Waals surface area contributed by atoms with Crippen LogP contribution >= 0.6 is 0 Å². The number of alkyl carbamates (subject to hydrolysis) is 1. The molecule has 32 heavy (non-hydrogen) atoms. The molecule has 0 unspecified atom stereocenters. The maximum absolute atomic E-state index is 13.8. The van der Waals surface area contributed by atoms with Gasteiger partial charge in [-0.15, -0.1) is 0 Å². The Labute approximate surface area is 181 Å². The molecule has 0 saturated carbocycles. The van der Waals surface area contributed by atoms with Gasteiger partial charge in [-0.1, -0.05) is 0 Å². The van der Waals surface area contributed by atoms with Crippen molar-refractivity contribution in [1.29, 1.82) is 0 Å². The standard InChI is InChI=1S/C21H21F3N2O6/c1-11(31-19(27)12-5-7-14(8-6-12)26(29)30)18(25-20(28)32-21(2,3)4)13-9-15(22)17(24)16(23)10-13/h5-11,18H,1-4H3,(H,25,28)/t11-,18-/m1/s1. The van der Waals surface area contributed by atoms with Crippen LogP contribution in [0.25, 0.3) is 0 Å². The topological polar surface area (TPSA) is 108 Å². The van der Waals surface area contributed by atoms with E-state index in [1.54, 1.807) is 20.8 Å². The highest BCUT2D eigenvalue weighted by Gasteiger charge is 2.29. The zero-order valence-corrected chi connectivity index (χ0v) is 17.6. The van der Waals surface area contributed by atoms with E-state index in [4.69, 9.17) is 9.47 Å². The lowest BCUT2D eigenvalue weighted by atomic mass is 10.0. The van der Waals surface area contributed by atoms with Crippen molar-refractivity contribution < 1.29 is 37.2 Å². The third kappa shape index (κ3) is 6.43. The molecule has 0 saturated heterocycles. The number of amides is 1. The number of nitrogens with one attached hydrogen (secondary N) is 1. The number of esters is 1. The number of benzene rings is 2. The summed E-state index contributed by atoms with van der Waals surface area (Å²) in [5, 5.41) is 13.1. The lowest BCUT2D eigenvalue weighted by Crippen LogP contribution is -2.40. The summed E-state index contributed by atoms with van der Waals surface area (Å²) in [6, 6.07) is 4.55. The number of ether oxygens (including phenoxy) is 2. The molecule has 0 aliphatic rings. The van der Waals surface area contributed by atoms with Gasteiger partial charge in [0.05, 0.1) is 16.5 Å². The summed E-state index contributed by atoms with van der Waals surface area (Å²) < 4.78 is 51.4. The number of carbonyl (C=O) groups excluding carboxylic acids is 2. The highest BCUT2D eigenvalue weighted by Crippen LogP contribution is 2.25. The Kier molecular flexibility index (Phi) is 7.44. The van der Waals surface area contributed by atoms with Gasteiger partial charge in [0.15, 0.2) is 17.5 Å². The predicted octanol–water partition coefficient (Wildman–Crippen LogP) is 4.82. The van der Waals surface area contributed by atoms with Crippen molar-refractivity contribution in [1.82, 2.24) is 5.32 Å². The summed E-state index contributed by atoms with van der Waals surface area (Å²) in [6.07, 6.45) is -2.17. The Morgan fingerprint density at radius 3 is 2.06 bits per heavy atom. The number of carbonyl (C=O) groups is 2. The molecule has 0 aromatic heterocycles. The van der Waals surface area contributed by atoms with Crippen LogP contribution < -0.4 is 5.32 Å². The number of rotatable bonds is 6. The van der Waals surface area contributed by atoms with E-state index in [1.807, 2.05) is 0 Å². The average molecular weight is 454 g/mol. The van der Waals surface area contributed by atoms with Crippen LogP contribution in [0.1, 0.15) is 49.7 Å². The maximum atomic E-state index is 13.8. The first-order chi connectivity index (χ1) is 14.8. The number of halogens is 3. The number of hydrogen-bond donors (Lipinski definition) is 1. The van der Waals surface area contributed by atoms with Gasteiger partial charge in [-0.05, 0) is 57.5 Å². The summed E-state index contributed by atoms with van der Waals surface area (Å²) in [5.41, 5.74) is -1.38. The van der Waals surface area contributed by atoms with E-state index in [0.717, 1.165) is 12.1 Å². The normalized spacial score (nSPS) is 13.1. The first-order valence-electron chi connectivity index (χ1n) is 9.38. The Hall–Kier alpha value is -3.63. The smallest absolute Gasteiger partial charge is 0.408 e. The van der Waals surface area contributed by atoms with Crippen LogP contribution in [0.5, 0.6) is 0 Å². The van der Waals surface area contributed by atoms with Crippen LogP contribution in [0.4, 0.5) is 23.7 Å². The Morgan fingerprint density at radius 2 is 1.59 bits per heavy atom. The molecule has 1 N–H and O–H groups in total. The molecule has 11 heteroatoms. The lowest BCUT2D eigenvalue weighted by molar-refractivity contribution is -0.384. The number of non-ortho nitro benzene ring substituents is 1. The Balaban J connectivity index is 2.30. The predicted molar refractivity (Wildman–Crippen MR) is 106 cm³/mol. The zero-order chi connectivity index (χ0) is 24.2. The van der Waals surface area contributed by atoms with E-state index in [1.165, 1.54) is 19.1 Å². The molecular weight excluding hydrogens is 433 g/mol. The van der Waals surface area contributed by atoms with Crippen molar-refractivity contribution in [3.8, 4) is 0 Å². The highest BCUT2D eigenvalue weighted by molar-refractivity contribution is 5.89. The SMILES string of the molecule is C[C@@H](OC(=O)c1ccc([N+](=O)[O-])cc1)[C@@H](NC(=O)OC(C)(C)C)c1cc(F)c(F)c(F)c1. The van der Waals surface area contributed by atoms with Crippen LogP contribution in [-0.4, -0.2) is 28.7 Å². The first kappa shape index (κ1) is 24.6. The van der Waals surface area contributed by atoms with E-state index in [0.29, 0.717) is 12.1 Å². The third-order valence-corrected chi connectivity index (χ3v) is 4.11. The van der Waals surface area contributed by atoms with Crippen molar-refractivity contribution in [2.75, 3.05) is 0 Å². The van der Waals surface area contributed by atoms with Crippen molar-refractivity contribution in [3.63, 3.8) is 0 Å². The second-order valence-electron chi connectivity index (χ2n) is 7.84.